The summed E-state index contributed by atoms with van der Waals surface area (Å²) in [4.78, 5) is 17.6. The minimum Gasteiger partial charge on any atom is -0.486 e. The van der Waals surface area contributed by atoms with Gasteiger partial charge in [0.2, 0.25) is 0 Å². The molecule has 0 bridgehead atoms. The number of carbonyl (C=O) groups excluding carboxylic acids is 1. The molecule has 2 heterocycles. The van der Waals surface area contributed by atoms with Crippen molar-refractivity contribution in [3.8, 4) is 11.5 Å². The van der Waals surface area contributed by atoms with Crippen LogP contribution in [0.15, 0.2) is 48.8 Å². The molecular weight excluding hydrogens is 282 g/mol. The minimum absolute atomic E-state index is 0.195. The van der Waals surface area contributed by atoms with Gasteiger partial charge in [0.05, 0.1) is 18.4 Å². The summed E-state index contributed by atoms with van der Waals surface area (Å²) in [5.41, 5.74) is 0.658. The lowest BCUT2D eigenvalue weighted by Gasteiger charge is -2.29. The number of amides is 2. The third-order valence-corrected chi connectivity index (χ3v) is 3.30. The van der Waals surface area contributed by atoms with Crippen LogP contribution in [0.25, 0.3) is 0 Å². The zero-order valence-corrected chi connectivity index (χ0v) is 12.2. The van der Waals surface area contributed by atoms with Crippen molar-refractivity contribution in [3.63, 3.8) is 0 Å². The molecular formula is C16H17N3O3. The highest BCUT2D eigenvalue weighted by atomic mass is 16.6. The molecule has 6 heteroatoms. The van der Waals surface area contributed by atoms with E-state index in [1.165, 1.54) is 0 Å². The first-order valence-corrected chi connectivity index (χ1v) is 7.03. The Hall–Kier alpha value is -2.76. The topological polar surface area (TPSA) is 63.7 Å². The summed E-state index contributed by atoms with van der Waals surface area (Å²) in [7, 11) is 1.72. The highest BCUT2D eigenvalue weighted by Crippen LogP contribution is 2.30. The second-order valence-corrected chi connectivity index (χ2v) is 5.05. The van der Waals surface area contributed by atoms with Crippen LogP contribution in [0.3, 0.4) is 0 Å². The zero-order chi connectivity index (χ0) is 15.4. The van der Waals surface area contributed by atoms with E-state index in [1.807, 2.05) is 24.3 Å². The lowest BCUT2D eigenvalue weighted by atomic mass is 10.2. The van der Waals surface area contributed by atoms with Crippen LogP contribution in [0, 0.1) is 0 Å². The van der Waals surface area contributed by atoms with Gasteiger partial charge >= 0.3 is 6.03 Å². The number of nitrogens with zero attached hydrogens (tertiary/aromatic N) is 2. The number of hydrogen-bond donors (Lipinski definition) is 1. The zero-order valence-electron chi connectivity index (χ0n) is 12.2. The molecule has 2 amide bonds. The molecule has 0 saturated heterocycles. The fourth-order valence-electron chi connectivity index (χ4n) is 2.20. The van der Waals surface area contributed by atoms with Gasteiger partial charge in [-0.3, -0.25) is 4.98 Å². The molecule has 1 aromatic carbocycles. The van der Waals surface area contributed by atoms with E-state index < -0.39 is 0 Å². The Morgan fingerprint density at radius 3 is 2.91 bits per heavy atom. The summed E-state index contributed by atoms with van der Waals surface area (Å²) >= 11 is 0. The fourth-order valence-corrected chi connectivity index (χ4v) is 2.20. The Kier molecular flexibility index (Phi) is 4.09. The third-order valence-electron chi connectivity index (χ3n) is 3.30. The normalized spacial score (nSPS) is 16.0. The summed E-state index contributed by atoms with van der Waals surface area (Å²) < 4.78 is 11.5. The molecule has 0 unspecified atom stereocenters. The number of hydrogen-bond acceptors (Lipinski definition) is 4. The quantitative estimate of drug-likeness (QED) is 0.945. The van der Waals surface area contributed by atoms with Crippen molar-refractivity contribution in [1.82, 2.24) is 9.88 Å². The first-order valence-electron chi connectivity index (χ1n) is 7.03. The molecule has 0 spiro atoms. The van der Waals surface area contributed by atoms with Gasteiger partial charge in [0.15, 0.2) is 17.6 Å². The molecule has 1 aliphatic heterocycles. The van der Waals surface area contributed by atoms with Crippen molar-refractivity contribution in [2.75, 3.05) is 25.5 Å². The number of rotatable bonds is 3. The number of carbonyl (C=O) groups is 1. The molecule has 0 saturated carbocycles. The number of urea groups is 1. The van der Waals surface area contributed by atoms with Crippen LogP contribution in [0.2, 0.25) is 0 Å². The summed E-state index contributed by atoms with van der Waals surface area (Å²) in [6.07, 6.45) is 3.06. The number of pyridine rings is 1. The molecule has 0 fully saturated rings. The molecule has 0 aliphatic carbocycles. The lowest BCUT2D eigenvalue weighted by Crippen LogP contribution is -2.43. The van der Waals surface area contributed by atoms with Crippen molar-refractivity contribution >= 4 is 11.7 Å². The van der Waals surface area contributed by atoms with E-state index in [-0.39, 0.29) is 12.1 Å². The van der Waals surface area contributed by atoms with Crippen LogP contribution in [-0.2, 0) is 0 Å². The SMILES string of the molecule is CN(C[C@H]1COc2ccccc2O1)C(=O)Nc1cccnc1. The largest absolute Gasteiger partial charge is 0.486 e. The van der Waals surface area contributed by atoms with E-state index in [0.29, 0.717) is 24.6 Å². The van der Waals surface area contributed by atoms with E-state index in [0.717, 1.165) is 5.75 Å². The van der Waals surface area contributed by atoms with Gasteiger partial charge in [0, 0.05) is 13.2 Å². The van der Waals surface area contributed by atoms with Gasteiger partial charge in [-0.25, -0.2) is 4.79 Å². The van der Waals surface area contributed by atoms with Gasteiger partial charge in [0.1, 0.15) is 6.61 Å². The fraction of sp³-hybridized carbons (Fsp3) is 0.250. The smallest absolute Gasteiger partial charge is 0.321 e. The number of anilines is 1. The second kappa shape index (κ2) is 6.34. The Morgan fingerprint density at radius 2 is 2.14 bits per heavy atom. The summed E-state index contributed by atoms with van der Waals surface area (Å²) in [6, 6.07) is 10.9. The average molecular weight is 299 g/mol. The van der Waals surface area contributed by atoms with Crippen LogP contribution in [-0.4, -0.2) is 42.2 Å². The predicted octanol–water partition coefficient (Wildman–Crippen LogP) is 2.39. The number of benzene rings is 1. The number of aromatic nitrogens is 1. The summed E-state index contributed by atoms with van der Waals surface area (Å²) in [6.45, 7) is 0.849. The van der Waals surface area contributed by atoms with Crippen molar-refractivity contribution < 1.29 is 14.3 Å². The van der Waals surface area contributed by atoms with Gasteiger partial charge in [-0.15, -0.1) is 0 Å². The van der Waals surface area contributed by atoms with E-state index in [9.17, 15) is 4.79 Å². The maximum atomic E-state index is 12.1. The summed E-state index contributed by atoms with van der Waals surface area (Å²) in [5.74, 6) is 1.45. The van der Waals surface area contributed by atoms with Gasteiger partial charge in [0.25, 0.3) is 0 Å². The molecule has 1 atom stereocenters. The maximum Gasteiger partial charge on any atom is 0.321 e. The molecule has 22 heavy (non-hydrogen) atoms. The molecule has 3 rings (SSSR count). The van der Waals surface area contributed by atoms with Crippen molar-refractivity contribution in [3.05, 3.63) is 48.8 Å². The van der Waals surface area contributed by atoms with Crippen LogP contribution in [0.5, 0.6) is 11.5 Å². The average Bonchev–Trinajstić information content (AvgIpc) is 2.55. The Morgan fingerprint density at radius 1 is 1.32 bits per heavy atom. The van der Waals surface area contributed by atoms with Crippen LogP contribution < -0.4 is 14.8 Å². The highest BCUT2D eigenvalue weighted by Gasteiger charge is 2.23. The van der Waals surface area contributed by atoms with Gasteiger partial charge in [-0.05, 0) is 24.3 Å². The predicted molar refractivity (Wildman–Crippen MR) is 82.2 cm³/mol. The minimum atomic E-state index is -0.213. The van der Waals surface area contributed by atoms with Gasteiger partial charge in [-0.2, -0.15) is 0 Å². The van der Waals surface area contributed by atoms with Gasteiger partial charge < -0.3 is 19.7 Å². The number of para-hydroxylation sites is 2. The Bertz CT molecular complexity index is 648. The van der Waals surface area contributed by atoms with Crippen molar-refractivity contribution in [1.29, 1.82) is 0 Å². The Balaban J connectivity index is 1.56. The monoisotopic (exact) mass is 299 g/mol. The van der Waals surface area contributed by atoms with Crippen LogP contribution in [0.1, 0.15) is 0 Å². The molecule has 114 valence electrons. The van der Waals surface area contributed by atoms with E-state index in [2.05, 4.69) is 10.3 Å². The standard InChI is InChI=1S/C16H17N3O3/c1-19(16(20)18-12-5-4-8-17-9-12)10-13-11-21-14-6-2-3-7-15(14)22-13/h2-9,13H,10-11H2,1H3,(H,18,20)/t13-/m0/s1. The van der Waals surface area contributed by atoms with E-state index in [4.69, 9.17) is 9.47 Å². The number of ether oxygens (including phenoxy) is 2. The molecule has 6 nitrogen and oxygen atoms in total. The lowest BCUT2D eigenvalue weighted by molar-refractivity contribution is 0.0731. The van der Waals surface area contributed by atoms with Crippen molar-refractivity contribution in [2.45, 2.75) is 6.10 Å². The van der Waals surface area contributed by atoms with E-state index >= 15 is 0 Å². The second-order valence-electron chi connectivity index (χ2n) is 5.05. The van der Waals surface area contributed by atoms with Crippen LogP contribution in [0.4, 0.5) is 10.5 Å². The Labute approximate surface area is 128 Å². The highest BCUT2D eigenvalue weighted by molar-refractivity contribution is 5.88. The molecule has 0 radical (unpaired) electrons. The number of nitrogens with one attached hydrogen (secondary N) is 1. The first-order chi connectivity index (χ1) is 10.7. The van der Waals surface area contributed by atoms with E-state index in [1.54, 1.807) is 36.5 Å². The van der Waals surface area contributed by atoms with Gasteiger partial charge in [-0.1, -0.05) is 12.1 Å². The molecule has 1 N–H and O–H groups in total. The molecule has 1 aliphatic rings. The maximum absolute atomic E-state index is 12.1. The first kappa shape index (κ1) is 14.2. The van der Waals surface area contributed by atoms with Crippen molar-refractivity contribution in [2.24, 2.45) is 0 Å². The molecule has 1 aromatic heterocycles. The van der Waals surface area contributed by atoms with Crippen LogP contribution >= 0.6 is 0 Å². The molecule has 2 aromatic rings. The number of likely N-dealkylation sites (N-methyl/N-ethyl adjacent to an activating group) is 1. The summed E-state index contributed by atoms with van der Waals surface area (Å²) in [5, 5.41) is 2.78. The number of fused-ring (bicyclic) bond motifs is 1. The third kappa shape index (κ3) is 3.28.